The van der Waals surface area contributed by atoms with Crippen molar-refractivity contribution in [2.45, 2.75) is 31.2 Å². The van der Waals surface area contributed by atoms with Crippen LogP contribution in [0.2, 0.25) is 0 Å². The van der Waals surface area contributed by atoms with Crippen molar-refractivity contribution in [3.63, 3.8) is 0 Å². The monoisotopic (exact) mass is 276 g/mol. The summed E-state index contributed by atoms with van der Waals surface area (Å²) in [7, 11) is 1.73. The van der Waals surface area contributed by atoms with E-state index in [-0.39, 0.29) is 0 Å². The lowest BCUT2D eigenvalue weighted by Crippen LogP contribution is -2.49. The van der Waals surface area contributed by atoms with Crippen LogP contribution in [0.5, 0.6) is 0 Å². The van der Waals surface area contributed by atoms with Gasteiger partial charge in [0, 0.05) is 6.54 Å². The van der Waals surface area contributed by atoms with Gasteiger partial charge >= 0.3 is 5.97 Å². The van der Waals surface area contributed by atoms with Crippen LogP contribution in [0.1, 0.15) is 31.2 Å². The van der Waals surface area contributed by atoms with Gasteiger partial charge in [-0.05, 0) is 45.0 Å². The minimum atomic E-state index is -0.987. The van der Waals surface area contributed by atoms with Gasteiger partial charge in [0.1, 0.15) is 5.54 Å². The van der Waals surface area contributed by atoms with E-state index in [1.807, 2.05) is 30.3 Å². The van der Waals surface area contributed by atoms with Crippen molar-refractivity contribution in [3.8, 4) is 0 Å². The van der Waals surface area contributed by atoms with E-state index in [9.17, 15) is 9.90 Å². The Hall–Kier alpha value is -1.39. The molecule has 2 rings (SSSR count). The molecular formula is C16H24N2O2. The Labute approximate surface area is 120 Å². The van der Waals surface area contributed by atoms with Crippen LogP contribution in [0.3, 0.4) is 0 Å². The molecule has 4 heteroatoms. The third-order valence-corrected chi connectivity index (χ3v) is 4.31. The lowest BCUT2D eigenvalue weighted by Gasteiger charge is -2.33. The minimum absolute atomic E-state index is 0.586. The standard InChI is InChI=1S/C16H24N2O2/c1-17-16(15(19)20,14-8-4-2-5-9-14)10-13-18-11-6-3-7-12-18/h2,4-5,8-9,17H,3,6-7,10-13H2,1H3,(H,19,20). The number of rotatable bonds is 6. The highest BCUT2D eigenvalue weighted by Crippen LogP contribution is 2.26. The molecule has 2 N–H and O–H groups in total. The van der Waals surface area contributed by atoms with Crippen molar-refractivity contribution in [2.75, 3.05) is 26.7 Å². The maximum atomic E-state index is 11.8. The molecule has 1 unspecified atom stereocenters. The van der Waals surface area contributed by atoms with Crippen molar-refractivity contribution < 1.29 is 9.90 Å². The second-order valence-corrected chi connectivity index (χ2v) is 5.48. The van der Waals surface area contributed by atoms with Crippen molar-refractivity contribution in [1.82, 2.24) is 10.2 Å². The third kappa shape index (κ3) is 3.19. The first-order chi connectivity index (χ1) is 9.69. The normalized spacial score (nSPS) is 19.4. The molecule has 0 amide bonds. The number of hydrogen-bond donors (Lipinski definition) is 2. The zero-order valence-electron chi connectivity index (χ0n) is 12.1. The van der Waals surface area contributed by atoms with Crippen molar-refractivity contribution >= 4 is 5.97 Å². The molecule has 0 aliphatic carbocycles. The van der Waals surface area contributed by atoms with Gasteiger partial charge in [0.2, 0.25) is 0 Å². The quantitative estimate of drug-likeness (QED) is 0.835. The zero-order valence-corrected chi connectivity index (χ0v) is 12.1. The highest BCUT2D eigenvalue weighted by molar-refractivity contribution is 5.80. The predicted molar refractivity (Wildman–Crippen MR) is 79.7 cm³/mol. The van der Waals surface area contributed by atoms with Crippen LogP contribution in [0.25, 0.3) is 0 Å². The molecule has 110 valence electrons. The van der Waals surface area contributed by atoms with Gasteiger partial charge in [-0.25, -0.2) is 4.79 Å². The third-order valence-electron chi connectivity index (χ3n) is 4.31. The number of nitrogens with zero attached hydrogens (tertiary/aromatic N) is 1. The molecule has 1 aliphatic heterocycles. The van der Waals surface area contributed by atoms with Crippen LogP contribution < -0.4 is 5.32 Å². The summed E-state index contributed by atoms with van der Waals surface area (Å²) < 4.78 is 0. The molecule has 1 aliphatic rings. The molecule has 0 spiro atoms. The molecule has 1 saturated heterocycles. The summed E-state index contributed by atoms with van der Waals surface area (Å²) in [5, 5.41) is 12.8. The van der Waals surface area contributed by atoms with E-state index in [2.05, 4.69) is 10.2 Å². The fourth-order valence-corrected chi connectivity index (χ4v) is 2.98. The molecule has 1 fully saturated rings. The number of hydrogen-bond acceptors (Lipinski definition) is 3. The molecule has 1 atom stereocenters. The Bertz CT molecular complexity index is 429. The predicted octanol–water partition coefficient (Wildman–Crippen LogP) is 2.06. The number of carbonyl (C=O) groups is 1. The molecule has 0 aromatic heterocycles. The smallest absolute Gasteiger partial charge is 0.328 e. The van der Waals surface area contributed by atoms with Gasteiger partial charge in [0.25, 0.3) is 0 Å². The van der Waals surface area contributed by atoms with Crippen LogP contribution in [0.4, 0.5) is 0 Å². The van der Waals surface area contributed by atoms with E-state index in [0.29, 0.717) is 6.42 Å². The van der Waals surface area contributed by atoms with E-state index in [4.69, 9.17) is 0 Å². The van der Waals surface area contributed by atoms with Crippen molar-refractivity contribution in [1.29, 1.82) is 0 Å². The summed E-state index contributed by atoms with van der Waals surface area (Å²) in [6.45, 7) is 3.00. The molecule has 4 nitrogen and oxygen atoms in total. The number of nitrogens with one attached hydrogen (secondary N) is 1. The maximum absolute atomic E-state index is 11.8. The molecule has 0 radical (unpaired) electrons. The van der Waals surface area contributed by atoms with Crippen LogP contribution >= 0.6 is 0 Å². The van der Waals surface area contributed by atoms with Gasteiger partial charge < -0.3 is 15.3 Å². The molecule has 1 aromatic rings. The molecule has 0 saturated carbocycles. The first kappa shape index (κ1) is 15.0. The summed E-state index contributed by atoms with van der Waals surface area (Å²) in [6, 6.07) is 9.48. The van der Waals surface area contributed by atoms with Crippen LogP contribution in [-0.4, -0.2) is 42.7 Å². The average Bonchev–Trinajstić information content (AvgIpc) is 2.50. The van der Waals surface area contributed by atoms with Gasteiger partial charge in [-0.2, -0.15) is 0 Å². The fraction of sp³-hybridized carbons (Fsp3) is 0.562. The minimum Gasteiger partial charge on any atom is -0.480 e. The second kappa shape index (κ2) is 6.86. The lowest BCUT2D eigenvalue weighted by molar-refractivity contribution is -0.145. The number of likely N-dealkylation sites (tertiary alicyclic amines) is 1. The van der Waals surface area contributed by atoms with E-state index >= 15 is 0 Å². The first-order valence-corrected chi connectivity index (χ1v) is 7.39. The highest BCUT2D eigenvalue weighted by atomic mass is 16.4. The summed E-state index contributed by atoms with van der Waals surface area (Å²) >= 11 is 0. The molecule has 1 heterocycles. The average molecular weight is 276 g/mol. The number of aliphatic carboxylic acids is 1. The lowest BCUT2D eigenvalue weighted by atomic mass is 9.86. The van der Waals surface area contributed by atoms with Crippen LogP contribution in [-0.2, 0) is 10.3 Å². The van der Waals surface area contributed by atoms with Crippen LogP contribution in [0, 0.1) is 0 Å². The fourth-order valence-electron chi connectivity index (χ4n) is 2.98. The summed E-state index contributed by atoms with van der Waals surface area (Å²) in [4.78, 5) is 14.2. The highest BCUT2D eigenvalue weighted by Gasteiger charge is 2.38. The largest absolute Gasteiger partial charge is 0.480 e. The Morgan fingerprint density at radius 2 is 1.90 bits per heavy atom. The Morgan fingerprint density at radius 3 is 2.45 bits per heavy atom. The zero-order chi connectivity index (χ0) is 14.4. The SMILES string of the molecule is CNC(CCN1CCCCC1)(C(=O)O)c1ccccc1. The van der Waals surface area contributed by atoms with Crippen molar-refractivity contribution in [3.05, 3.63) is 35.9 Å². The van der Waals surface area contributed by atoms with Crippen LogP contribution in [0.15, 0.2) is 30.3 Å². The van der Waals surface area contributed by atoms with Gasteiger partial charge in [0.05, 0.1) is 0 Å². The number of likely N-dealkylation sites (N-methyl/N-ethyl adjacent to an activating group) is 1. The number of benzene rings is 1. The van der Waals surface area contributed by atoms with Gasteiger partial charge in [0.15, 0.2) is 0 Å². The van der Waals surface area contributed by atoms with Gasteiger partial charge in [-0.1, -0.05) is 36.8 Å². The molecule has 1 aromatic carbocycles. The summed E-state index contributed by atoms with van der Waals surface area (Å²) in [5.41, 5.74) is -0.161. The van der Waals surface area contributed by atoms with E-state index in [0.717, 1.165) is 25.2 Å². The topological polar surface area (TPSA) is 52.6 Å². The molecule has 20 heavy (non-hydrogen) atoms. The molecular weight excluding hydrogens is 252 g/mol. The summed E-state index contributed by atoms with van der Waals surface area (Å²) in [5.74, 6) is -0.803. The molecule has 0 bridgehead atoms. The van der Waals surface area contributed by atoms with Gasteiger partial charge in [-0.15, -0.1) is 0 Å². The number of piperidine rings is 1. The number of carboxylic acid groups (broad SMARTS) is 1. The maximum Gasteiger partial charge on any atom is 0.328 e. The van der Waals surface area contributed by atoms with E-state index in [1.165, 1.54) is 19.3 Å². The van der Waals surface area contributed by atoms with E-state index in [1.54, 1.807) is 7.05 Å². The van der Waals surface area contributed by atoms with Crippen molar-refractivity contribution in [2.24, 2.45) is 0 Å². The summed E-state index contributed by atoms with van der Waals surface area (Å²) in [6.07, 6.45) is 4.34. The van der Waals surface area contributed by atoms with E-state index < -0.39 is 11.5 Å². The number of carboxylic acids is 1. The van der Waals surface area contributed by atoms with Gasteiger partial charge in [-0.3, -0.25) is 0 Å². The Morgan fingerprint density at radius 1 is 1.25 bits per heavy atom. The Kier molecular flexibility index (Phi) is 5.15. The second-order valence-electron chi connectivity index (χ2n) is 5.48. The first-order valence-electron chi connectivity index (χ1n) is 7.39. The Balaban J connectivity index is 2.12.